The predicted molar refractivity (Wildman–Crippen MR) is 93.8 cm³/mol. The molecule has 3 N–H and O–H groups in total. The monoisotopic (exact) mass is 485 g/mol. The number of likely N-dealkylation sites (tertiary alicyclic amines) is 1. The van der Waals surface area contributed by atoms with Crippen LogP contribution in [0.5, 0.6) is 0 Å². The number of carboxylic acids is 1. The van der Waals surface area contributed by atoms with Crippen LogP contribution in [0.4, 0.5) is 13.2 Å². The summed E-state index contributed by atoms with van der Waals surface area (Å²) in [4.78, 5) is 48.7. The number of tetrazole rings is 1. The summed E-state index contributed by atoms with van der Waals surface area (Å²) in [5, 5.41) is 20.6. The molecular weight excluding hydrogens is 470 g/mol. The number of nitrogens with zero attached hydrogens (tertiary/aromatic N) is 6. The zero-order chi connectivity index (χ0) is 22.7. The van der Waals surface area contributed by atoms with Crippen LogP contribution in [0.2, 0.25) is 0 Å². The summed E-state index contributed by atoms with van der Waals surface area (Å²) < 4.78 is 39.8. The Kier molecular flexibility index (Phi) is 6.61. The Balaban J connectivity index is 0.00000193. The second-order valence-electron chi connectivity index (χ2n) is 7.19. The van der Waals surface area contributed by atoms with Gasteiger partial charge in [-0.15, -0.1) is 5.10 Å². The number of rotatable bonds is 6. The van der Waals surface area contributed by atoms with E-state index in [1.807, 2.05) is 0 Å². The Labute approximate surface area is 205 Å². The standard InChI is InChI=1S/C15H14F3N7O5S.Na.H/c16-15(17,18)13(30)23-2-5-1-6(4-31-14-20-21-22-24(14)3-7(19)26)9(12(28)29)25-8(5)10(23)11(25)27;;/h5,8,10H,1-4H2,(H2,19,26)(H,28,29);;/q;+1;-1/t5-,8-,10+;;/m1../s1. The molecule has 0 aromatic carbocycles. The Morgan fingerprint density at radius 3 is 2.59 bits per heavy atom. The average molecular weight is 485 g/mol. The number of thioether (sulfide) groups is 1. The molecule has 1 aromatic rings. The maximum absolute atomic E-state index is 12.9. The van der Waals surface area contributed by atoms with Gasteiger partial charge >= 0.3 is 47.6 Å². The number of alkyl halides is 3. The first kappa shape index (κ1) is 24.5. The number of carbonyl (C=O) groups is 4. The summed E-state index contributed by atoms with van der Waals surface area (Å²) >= 11 is 0.989. The van der Waals surface area contributed by atoms with E-state index in [1.165, 1.54) is 0 Å². The van der Waals surface area contributed by atoms with Crippen LogP contribution in [0.15, 0.2) is 16.4 Å². The van der Waals surface area contributed by atoms with Gasteiger partial charge in [0, 0.05) is 18.2 Å². The van der Waals surface area contributed by atoms with Gasteiger partial charge < -0.3 is 17.2 Å². The van der Waals surface area contributed by atoms with Gasteiger partial charge in [-0.2, -0.15) is 13.2 Å². The first-order chi connectivity index (χ1) is 14.5. The Morgan fingerprint density at radius 2 is 2.00 bits per heavy atom. The minimum Gasteiger partial charge on any atom is -1.00 e. The van der Waals surface area contributed by atoms with Crippen LogP contribution in [0.25, 0.3) is 0 Å². The number of hydrogen-bond acceptors (Lipinski definition) is 8. The number of carbonyl (C=O) groups excluding carboxylic acids is 3. The molecule has 0 aliphatic carbocycles. The van der Waals surface area contributed by atoms with Crippen molar-refractivity contribution in [2.45, 2.75) is 36.4 Å². The largest absolute Gasteiger partial charge is 1.00 e. The van der Waals surface area contributed by atoms with Crippen LogP contribution in [0.3, 0.4) is 0 Å². The molecule has 168 valence electrons. The minimum absolute atomic E-state index is 0. The molecule has 32 heavy (non-hydrogen) atoms. The predicted octanol–water partition coefficient (Wildman–Crippen LogP) is -4.29. The smallest absolute Gasteiger partial charge is 1.00 e. The van der Waals surface area contributed by atoms with Gasteiger partial charge in [0.2, 0.25) is 11.1 Å². The number of carboxylic acid groups (broad SMARTS) is 1. The van der Waals surface area contributed by atoms with E-state index in [0.717, 1.165) is 21.3 Å². The number of hydrogen-bond donors (Lipinski definition) is 2. The SMILES string of the molecule is NC(=O)Cn1nnnc1SCC1=C(C(=O)O)N2C(=O)[C@@H]3[C@H]2[C@H](C1)CN3C(=O)C(F)(F)F.[H-].[Na+]. The number of nitrogens with two attached hydrogens (primary N) is 1. The third kappa shape index (κ3) is 3.99. The van der Waals surface area contributed by atoms with Crippen LogP contribution in [-0.2, 0) is 25.7 Å². The molecule has 17 heteroatoms. The summed E-state index contributed by atoms with van der Waals surface area (Å²) in [5.74, 6) is -5.60. The maximum atomic E-state index is 12.9. The normalized spacial score (nSPS) is 24.1. The fourth-order valence-electron chi connectivity index (χ4n) is 4.24. The van der Waals surface area contributed by atoms with E-state index >= 15 is 0 Å². The fourth-order valence-corrected chi connectivity index (χ4v) is 5.14. The van der Waals surface area contributed by atoms with E-state index in [4.69, 9.17) is 5.73 Å². The van der Waals surface area contributed by atoms with E-state index in [-0.39, 0.29) is 67.1 Å². The number of β-lactam (4-membered cyclic amide) rings is 1. The molecule has 0 bridgehead atoms. The Morgan fingerprint density at radius 1 is 1.31 bits per heavy atom. The number of primary amides is 1. The first-order valence-corrected chi connectivity index (χ1v) is 9.82. The third-order valence-corrected chi connectivity index (χ3v) is 6.38. The molecule has 1 aromatic heterocycles. The van der Waals surface area contributed by atoms with E-state index < -0.39 is 47.9 Å². The summed E-state index contributed by atoms with van der Waals surface area (Å²) in [6, 6.07) is -2.12. The molecule has 2 fully saturated rings. The number of halogens is 3. The summed E-state index contributed by atoms with van der Waals surface area (Å²) in [5.41, 5.74) is 5.09. The number of aromatic nitrogens is 4. The van der Waals surface area contributed by atoms with Crippen LogP contribution < -0.4 is 35.3 Å². The van der Waals surface area contributed by atoms with E-state index in [0.29, 0.717) is 10.5 Å². The molecule has 0 unspecified atom stereocenters. The van der Waals surface area contributed by atoms with E-state index in [2.05, 4.69) is 15.5 Å². The van der Waals surface area contributed by atoms with Crippen LogP contribution in [0, 0.1) is 5.92 Å². The molecule has 0 spiro atoms. The third-order valence-electron chi connectivity index (χ3n) is 5.33. The molecular formula is C15H15F3N7NaO5S. The van der Waals surface area contributed by atoms with Crippen molar-refractivity contribution in [1.29, 1.82) is 0 Å². The van der Waals surface area contributed by atoms with Crippen LogP contribution in [0.1, 0.15) is 7.85 Å². The van der Waals surface area contributed by atoms with Gasteiger partial charge in [0.15, 0.2) is 0 Å². The van der Waals surface area contributed by atoms with Crippen LogP contribution in [-0.4, -0.2) is 89.4 Å². The van der Waals surface area contributed by atoms with Crippen molar-refractivity contribution in [3.8, 4) is 0 Å². The molecule has 0 saturated carbocycles. The van der Waals surface area contributed by atoms with Crippen molar-refractivity contribution in [2.75, 3.05) is 12.3 Å². The van der Waals surface area contributed by atoms with E-state index in [1.54, 1.807) is 0 Å². The van der Waals surface area contributed by atoms with Crippen molar-refractivity contribution in [2.24, 2.45) is 11.7 Å². The second-order valence-corrected chi connectivity index (χ2v) is 8.14. The quantitative estimate of drug-likeness (QED) is 0.230. The zero-order valence-electron chi connectivity index (χ0n) is 17.4. The number of amides is 3. The van der Waals surface area contributed by atoms with Crippen molar-refractivity contribution >= 4 is 35.5 Å². The van der Waals surface area contributed by atoms with Gasteiger partial charge in [-0.05, 0) is 22.4 Å². The van der Waals surface area contributed by atoms with Crippen molar-refractivity contribution in [3.05, 3.63) is 11.3 Å². The van der Waals surface area contributed by atoms with Gasteiger partial charge in [0.05, 0.1) is 6.04 Å². The van der Waals surface area contributed by atoms with Gasteiger partial charge in [-0.3, -0.25) is 19.3 Å². The molecule has 4 heterocycles. The Bertz CT molecular complexity index is 1040. The summed E-state index contributed by atoms with van der Waals surface area (Å²) in [7, 11) is 0. The molecule has 3 aliphatic heterocycles. The van der Waals surface area contributed by atoms with Gasteiger partial charge in [-0.25, -0.2) is 9.48 Å². The molecule has 12 nitrogen and oxygen atoms in total. The van der Waals surface area contributed by atoms with Gasteiger partial charge in [0.25, 0.3) is 5.91 Å². The average Bonchev–Trinajstić information content (AvgIpc) is 3.25. The van der Waals surface area contributed by atoms with Crippen molar-refractivity contribution in [1.82, 2.24) is 30.0 Å². The van der Waals surface area contributed by atoms with E-state index in [9.17, 15) is 37.5 Å². The Hall–Kier alpha value is -2.17. The van der Waals surface area contributed by atoms with Gasteiger partial charge in [0.1, 0.15) is 18.3 Å². The van der Waals surface area contributed by atoms with Crippen LogP contribution >= 0.6 is 11.8 Å². The van der Waals surface area contributed by atoms with Crippen molar-refractivity contribution < 1.29 is 68.4 Å². The minimum atomic E-state index is -5.13. The number of aliphatic carboxylic acids is 1. The molecule has 3 aliphatic rings. The van der Waals surface area contributed by atoms with Crippen molar-refractivity contribution in [3.63, 3.8) is 0 Å². The second kappa shape index (κ2) is 8.64. The molecule has 4 rings (SSSR count). The first-order valence-electron chi connectivity index (χ1n) is 8.84. The van der Waals surface area contributed by atoms with Gasteiger partial charge in [-0.1, -0.05) is 11.8 Å². The topological polar surface area (TPSA) is 165 Å². The summed E-state index contributed by atoms with van der Waals surface area (Å²) in [6.45, 7) is -0.609. The maximum Gasteiger partial charge on any atom is 1.00 e. The zero-order valence-corrected chi connectivity index (χ0v) is 19.3. The fraction of sp³-hybridized carbons (Fsp3) is 0.533. The molecule has 3 amide bonds. The molecule has 0 radical (unpaired) electrons. The molecule has 3 atom stereocenters. The molecule has 2 saturated heterocycles. The summed E-state index contributed by atoms with van der Waals surface area (Å²) in [6.07, 6.45) is -5.05.